The number of halogens is 3. The van der Waals surface area contributed by atoms with E-state index in [1.807, 2.05) is 0 Å². The Labute approximate surface area is 151 Å². The summed E-state index contributed by atoms with van der Waals surface area (Å²) in [6.45, 7) is 0. The fourth-order valence-electron chi connectivity index (χ4n) is 2.41. The maximum absolute atomic E-state index is 12.6. The van der Waals surface area contributed by atoms with Gasteiger partial charge >= 0.3 is 0 Å². The lowest BCUT2D eigenvalue weighted by molar-refractivity contribution is -0.121. The van der Waals surface area contributed by atoms with Gasteiger partial charge in [-0.25, -0.2) is 4.90 Å². The van der Waals surface area contributed by atoms with Gasteiger partial charge in [-0.2, -0.15) is 0 Å². The van der Waals surface area contributed by atoms with Crippen molar-refractivity contribution in [2.45, 2.75) is 12.5 Å². The summed E-state index contributed by atoms with van der Waals surface area (Å²) in [5.41, 5.74) is 1.08. The van der Waals surface area contributed by atoms with E-state index in [0.717, 1.165) is 4.47 Å². The van der Waals surface area contributed by atoms with Crippen molar-refractivity contribution in [3.05, 3.63) is 57.0 Å². The van der Waals surface area contributed by atoms with Crippen molar-refractivity contribution in [1.82, 2.24) is 0 Å². The normalized spacial score (nSPS) is 17.7. The second kappa shape index (κ2) is 6.51. The van der Waals surface area contributed by atoms with Gasteiger partial charge in [0.2, 0.25) is 5.91 Å². The number of carbonyl (C=O) groups is 2. The van der Waals surface area contributed by atoms with Gasteiger partial charge in [0.25, 0.3) is 5.91 Å². The number of hydrogen-bond donors (Lipinski definition) is 1. The van der Waals surface area contributed by atoms with Gasteiger partial charge < -0.3 is 5.32 Å². The Morgan fingerprint density at radius 3 is 2.48 bits per heavy atom. The molecule has 1 heterocycles. The van der Waals surface area contributed by atoms with Crippen molar-refractivity contribution in [1.29, 1.82) is 0 Å². The van der Waals surface area contributed by atoms with Crippen LogP contribution < -0.4 is 10.2 Å². The van der Waals surface area contributed by atoms with Gasteiger partial charge in [-0.05, 0) is 36.4 Å². The van der Waals surface area contributed by atoms with E-state index in [4.69, 9.17) is 23.2 Å². The van der Waals surface area contributed by atoms with Crippen LogP contribution in [0.5, 0.6) is 0 Å². The summed E-state index contributed by atoms with van der Waals surface area (Å²) in [4.78, 5) is 26.0. The Balaban J connectivity index is 1.84. The van der Waals surface area contributed by atoms with E-state index in [0.29, 0.717) is 21.4 Å². The van der Waals surface area contributed by atoms with E-state index in [2.05, 4.69) is 21.2 Å². The average molecular weight is 414 g/mol. The molecule has 2 amide bonds. The number of nitrogens with zero attached hydrogens (tertiary/aromatic N) is 1. The molecule has 1 N–H and O–H groups in total. The predicted molar refractivity (Wildman–Crippen MR) is 95.1 cm³/mol. The first-order valence-electron chi connectivity index (χ1n) is 6.80. The predicted octanol–water partition coefficient (Wildman–Crippen LogP) is 4.50. The minimum Gasteiger partial charge on any atom is -0.372 e. The van der Waals surface area contributed by atoms with E-state index < -0.39 is 6.04 Å². The van der Waals surface area contributed by atoms with Crippen LogP contribution in [0, 0.1) is 0 Å². The lowest BCUT2D eigenvalue weighted by Crippen LogP contribution is -2.34. The van der Waals surface area contributed by atoms with Gasteiger partial charge in [0, 0.05) is 4.47 Å². The monoisotopic (exact) mass is 412 g/mol. The Hall–Kier alpha value is -1.56. The number of carbonyl (C=O) groups excluding carboxylic acids is 2. The Bertz CT molecular complexity index is 780. The van der Waals surface area contributed by atoms with Crippen LogP contribution in [0.15, 0.2) is 46.9 Å². The van der Waals surface area contributed by atoms with E-state index >= 15 is 0 Å². The summed E-state index contributed by atoms with van der Waals surface area (Å²) in [5.74, 6) is -0.568. The molecular formula is C16H11BrCl2N2O2. The fraction of sp³-hybridized carbons (Fsp3) is 0.125. The molecule has 0 unspecified atom stereocenters. The van der Waals surface area contributed by atoms with E-state index in [1.54, 1.807) is 42.5 Å². The lowest BCUT2D eigenvalue weighted by Gasteiger charge is -2.17. The second-order valence-electron chi connectivity index (χ2n) is 5.05. The van der Waals surface area contributed by atoms with Crippen molar-refractivity contribution in [2.75, 3.05) is 10.2 Å². The summed E-state index contributed by atoms with van der Waals surface area (Å²) in [6.07, 6.45) is 0.0672. The molecule has 1 atom stereocenters. The topological polar surface area (TPSA) is 49.4 Å². The highest BCUT2D eigenvalue weighted by Gasteiger charge is 2.39. The fourth-order valence-corrected chi connectivity index (χ4v) is 3.03. The maximum Gasteiger partial charge on any atom is 0.256 e. The summed E-state index contributed by atoms with van der Waals surface area (Å²) >= 11 is 15.4. The zero-order valence-electron chi connectivity index (χ0n) is 11.7. The van der Waals surface area contributed by atoms with Crippen LogP contribution >= 0.6 is 39.1 Å². The highest BCUT2D eigenvalue weighted by Crippen LogP contribution is 2.32. The number of nitrogens with one attached hydrogen (secondary N) is 1. The molecule has 3 rings (SSSR count). The average Bonchev–Trinajstić information content (AvgIpc) is 2.79. The molecule has 23 heavy (non-hydrogen) atoms. The van der Waals surface area contributed by atoms with Gasteiger partial charge in [-0.3, -0.25) is 9.59 Å². The maximum atomic E-state index is 12.6. The van der Waals surface area contributed by atoms with Crippen molar-refractivity contribution >= 4 is 62.3 Å². The molecule has 1 saturated heterocycles. The van der Waals surface area contributed by atoms with E-state index in [9.17, 15) is 9.59 Å². The standard InChI is InChI=1S/C16H11BrCl2N2O2/c17-9-4-6-10(7-5-9)21-14(22)8-13(16(21)23)20-12-3-1-2-11(18)15(12)19/h1-7,13,20H,8H2/t13-/m1/s1. The Kier molecular flexibility index (Phi) is 4.62. The number of rotatable bonds is 3. The van der Waals surface area contributed by atoms with Gasteiger partial charge in [0.1, 0.15) is 6.04 Å². The molecule has 1 aliphatic rings. The number of imide groups is 1. The number of benzene rings is 2. The molecule has 0 bridgehead atoms. The smallest absolute Gasteiger partial charge is 0.256 e. The van der Waals surface area contributed by atoms with Crippen LogP contribution in [-0.4, -0.2) is 17.9 Å². The van der Waals surface area contributed by atoms with Crippen LogP contribution in [0.1, 0.15) is 6.42 Å². The first-order chi connectivity index (χ1) is 11.0. The molecule has 0 saturated carbocycles. The van der Waals surface area contributed by atoms with Gasteiger partial charge in [0.15, 0.2) is 0 Å². The Morgan fingerprint density at radius 2 is 1.78 bits per heavy atom. The quantitative estimate of drug-likeness (QED) is 0.753. The first-order valence-corrected chi connectivity index (χ1v) is 8.35. The minimum atomic E-state index is -0.665. The summed E-state index contributed by atoms with van der Waals surface area (Å²) in [5, 5.41) is 3.72. The summed E-state index contributed by atoms with van der Waals surface area (Å²) in [7, 11) is 0. The van der Waals surface area contributed by atoms with Crippen LogP contribution in [0.2, 0.25) is 10.0 Å². The molecule has 4 nitrogen and oxygen atoms in total. The lowest BCUT2D eigenvalue weighted by atomic mass is 10.2. The second-order valence-corrected chi connectivity index (χ2v) is 6.75. The molecule has 0 spiro atoms. The molecule has 7 heteroatoms. The van der Waals surface area contributed by atoms with Crippen LogP contribution in [0.25, 0.3) is 0 Å². The van der Waals surface area contributed by atoms with Gasteiger partial charge in [-0.15, -0.1) is 0 Å². The minimum absolute atomic E-state index is 0.0672. The largest absolute Gasteiger partial charge is 0.372 e. The van der Waals surface area contributed by atoms with Crippen molar-refractivity contribution in [3.63, 3.8) is 0 Å². The van der Waals surface area contributed by atoms with Crippen molar-refractivity contribution in [3.8, 4) is 0 Å². The third-order valence-corrected chi connectivity index (χ3v) is 4.86. The van der Waals surface area contributed by atoms with E-state index in [-0.39, 0.29) is 18.2 Å². The SMILES string of the molecule is O=C1C[C@@H](Nc2cccc(Cl)c2Cl)C(=O)N1c1ccc(Br)cc1. The third kappa shape index (κ3) is 3.22. The molecule has 2 aromatic carbocycles. The summed E-state index contributed by atoms with van der Waals surface area (Å²) < 4.78 is 0.876. The number of anilines is 2. The number of hydrogen-bond acceptors (Lipinski definition) is 3. The van der Waals surface area contributed by atoms with Crippen molar-refractivity contribution < 1.29 is 9.59 Å². The van der Waals surface area contributed by atoms with Crippen molar-refractivity contribution in [2.24, 2.45) is 0 Å². The zero-order valence-corrected chi connectivity index (χ0v) is 14.8. The van der Waals surface area contributed by atoms with Crippen LogP contribution in [-0.2, 0) is 9.59 Å². The molecule has 0 aliphatic carbocycles. The highest BCUT2D eigenvalue weighted by atomic mass is 79.9. The molecule has 1 aliphatic heterocycles. The molecule has 0 aromatic heterocycles. The van der Waals surface area contributed by atoms with Gasteiger partial charge in [-0.1, -0.05) is 45.2 Å². The zero-order chi connectivity index (χ0) is 16.6. The number of amides is 2. The van der Waals surface area contributed by atoms with Gasteiger partial charge in [0.05, 0.1) is 27.8 Å². The highest BCUT2D eigenvalue weighted by molar-refractivity contribution is 9.10. The molecule has 0 radical (unpaired) electrons. The molecule has 118 valence electrons. The molecular weight excluding hydrogens is 403 g/mol. The van der Waals surface area contributed by atoms with Crippen LogP contribution in [0.3, 0.4) is 0 Å². The van der Waals surface area contributed by atoms with E-state index in [1.165, 1.54) is 4.90 Å². The first kappa shape index (κ1) is 16.3. The Morgan fingerprint density at radius 1 is 1.09 bits per heavy atom. The molecule has 2 aromatic rings. The third-order valence-electron chi connectivity index (χ3n) is 3.51. The van der Waals surface area contributed by atoms with Crippen LogP contribution in [0.4, 0.5) is 11.4 Å². The molecule has 1 fully saturated rings. The summed E-state index contributed by atoms with van der Waals surface area (Å²) in [6, 6.07) is 11.4.